The Hall–Kier alpha value is -1.50. The third kappa shape index (κ3) is 4.81. The molecule has 0 amide bonds. The monoisotopic (exact) mass is 454 g/mol. The molecule has 2 unspecified atom stereocenters. The first-order chi connectivity index (χ1) is 14.7. The number of nitrogens with zero attached hydrogens (tertiary/aromatic N) is 4. The van der Waals surface area contributed by atoms with E-state index in [9.17, 15) is 0 Å². The van der Waals surface area contributed by atoms with E-state index in [4.69, 9.17) is 0 Å². The molecule has 0 radical (unpaired) electrons. The van der Waals surface area contributed by atoms with Crippen LogP contribution >= 0.6 is 17.2 Å². The van der Waals surface area contributed by atoms with Gasteiger partial charge in [0.15, 0.2) is 0 Å². The van der Waals surface area contributed by atoms with Crippen molar-refractivity contribution >= 4 is 17.2 Å². The van der Waals surface area contributed by atoms with Gasteiger partial charge in [-0.2, -0.15) is 0 Å². The van der Waals surface area contributed by atoms with E-state index < -0.39 is 5.16 Å². The maximum atomic E-state index is 4.64. The lowest BCUT2D eigenvalue weighted by Gasteiger charge is -2.47. The first kappa shape index (κ1) is 24.1. The largest absolute Gasteiger partial charge is 0.240 e. The second-order valence-corrected chi connectivity index (χ2v) is 14.0. The van der Waals surface area contributed by atoms with Crippen molar-refractivity contribution in [1.82, 2.24) is 19.9 Å². The predicted octanol–water partition coefficient (Wildman–Crippen LogP) is 6.36. The van der Waals surface area contributed by atoms with Gasteiger partial charge in [0.05, 0.1) is 0 Å². The zero-order chi connectivity index (χ0) is 22.7. The third-order valence-electron chi connectivity index (χ3n) is 6.88. The van der Waals surface area contributed by atoms with Crippen molar-refractivity contribution in [2.45, 2.75) is 69.9 Å². The van der Waals surface area contributed by atoms with Crippen LogP contribution in [0.4, 0.5) is 0 Å². The molecule has 166 valence electrons. The molecule has 1 aliphatic rings. The van der Waals surface area contributed by atoms with Crippen LogP contribution in [0.5, 0.6) is 0 Å². The molecule has 0 fully saturated rings. The van der Waals surface area contributed by atoms with Gasteiger partial charge >= 0.3 is 0 Å². The molecule has 3 rings (SSSR count). The lowest BCUT2D eigenvalue weighted by Crippen LogP contribution is -2.35. The number of hydrogen-bond acceptors (Lipinski definition) is 4. The maximum Gasteiger partial charge on any atom is 0.149 e. The summed E-state index contributed by atoms with van der Waals surface area (Å²) in [5, 5.41) is -0.0246. The second-order valence-electron chi connectivity index (χ2n) is 9.51. The van der Waals surface area contributed by atoms with E-state index in [0.29, 0.717) is 16.2 Å². The van der Waals surface area contributed by atoms with Crippen LogP contribution in [-0.4, -0.2) is 36.4 Å². The molecule has 0 N–H and O–H groups in total. The average molecular weight is 455 g/mol. The topological polar surface area (TPSA) is 51.6 Å². The summed E-state index contributed by atoms with van der Waals surface area (Å²) in [4.78, 5) is 18.6. The molecule has 0 spiro atoms. The summed E-state index contributed by atoms with van der Waals surface area (Å²) < 4.78 is 0. The highest BCUT2D eigenvalue weighted by Gasteiger charge is 2.46. The van der Waals surface area contributed by atoms with E-state index in [1.54, 1.807) is 24.8 Å². The maximum absolute atomic E-state index is 4.64. The highest BCUT2D eigenvalue weighted by atomic mass is 31.1. The van der Waals surface area contributed by atoms with Gasteiger partial charge in [-0.25, -0.2) is 19.9 Å². The summed E-state index contributed by atoms with van der Waals surface area (Å²) in [5.41, 5.74) is 1.27. The van der Waals surface area contributed by atoms with Gasteiger partial charge in [0.2, 0.25) is 0 Å². The summed E-state index contributed by atoms with van der Waals surface area (Å²) in [5.74, 6) is 1.76. The van der Waals surface area contributed by atoms with Crippen molar-refractivity contribution < 1.29 is 0 Å². The standard InChI is InChI=1S/C25H36N4P2/c1-7-23(3,4)31(24(5,6)8-2)18-19-12-9-13-20(19)25(30,21-26-14-10-15-27-21)22-28-16-11-17-29-22/h9-17,19H,7-8,18,30H2,1-6H3. The van der Waals surface area contributed by atoms with Crippen LogP contribution in [0.15, 0.2) is 60.7 Å². The van der Waals surface area contributed by atoms with E-state index in [1.807, 2.05) is 12.1 Å². The van der Waals surface area contributed by atoms with Crippen molar-refractivity contribution in [3.63, 3.8) is 0 Å². The number of hydrogen-bond donors (Lipinski definition) is 0. The zero-order valence-corrected chi connectivity index (χ0v) is 21.8. The Morgan fingerprint density at radius 1 is 0.839 bits per heavy atom. The fourth-order valence-electron chi connectivity index (χ4n) is 4.36. The van der Waals surface area contributed by atoms with Crippen LogP contribution < -0.4 is 0 Å². The van der Waals surface area contributed by atoms with Gasteiger partial charge in [-0.3, -0.25) is 0 Å². The zero-order valence-electron chi connectivity index (χ0n) is 19.7. The minimum absolute atomic E-state index is 0.253. The Morgan fingerprint density at radius 2 is 1.29 bits per heavy atom. The first-order valence-electron chi connectivity index (χ1n) is 11.2. The first-order valence-corrected chi connectivity index (χ1v) is 13.3. The van der Waals surface area contributed by atoms with Crippen molar-refractivity contribution in [2.24, 2.45) is 5.92 Å². The lowest BCUT2D eigenvalue weighted by atomic mass is 9.88. The SMILES string of the molecule is CCC(C)(C)P(CC1C=CC=C1C(P)(c1ncccn1)c1ncccn1)C(C)(C)CC. The van der Waals surface area contributed by atoms with Crippen LogP contribution in [0, 0.1) is 5.92 Å². The highest BCUT2D eigenvalue weighted by Crippen LogP contribution is 2.64. The van der Waals surface area contributed by atoms with E-state index in [2.05, 4.69) is 88.9 Å². The van der Waals surface area contributed by atoms with Crippen molar-refractivity contribution in [2.75, 3.05) is 6.16 Å². The lowest BCUT2D eigenvalue weighted by molar-refractivity contribution is 0.590. The van der Waals surface area contributed by atoms with Gasteiger partial charge < -0.3 is 0 Å². The van der Waals surface area contributed by atoms with Crippen LogP contribution in [-0.2, 0) is 5.16 Å². The fourth-order valence-corrected chi connectivity index (χ4v) is 9.07. The molecular formula is C25H36N4P2. The summed E-state index contributed by atoms with van der Waals surface area (Å²) in [6.07, 6.45) is 17.5. The third-order valence-corrected chi connectivity index (χ3v) is 12.0. The molecule has 0 bridgehead atoms. The second kappa shape index (κ2) is 9.55. The van der Waals surface area contributed by atoms with Crippen LogP contribution in [0.1, 0.15) is 66.0 Å². The minimum Gasteiger partial charge on any atom is -0.240 e. The Bertz CT molecular complexity index is 868. The smallest absolute Gasteiger partial charge is 0.149 e. The number of allylic oxidation sites excluding steroid dienone is 4. The number of rotatable bonds is 9. The Balaban J connectivity index is 2.06. The molecule has 31 heavy (non-hydrogen) atoms. The van der Waals surface area contributed by atoms with Gasteiger partial charge in [-0.05, 0) is 47.0 Å². The van der Waals surface area contributed by atoms with Crippen LogP contribution in [0.25, 0.3) is 0 Å². The van der Waals surface area contributed by atoms with Crippen molar-refractivity contribution in [1.29, 1.82) is 0 Å². The van der Waals surface area contributed by atoms with Gasteiger partial charge in [-0.15, -0.1) is 9.24 Å². The predicted molar refractivity (Wildman–Crippen MR) is 136 cm³/mol. The van der Waals surface area contributed by atoms with Gasteiger partial charge in [0, 0.05) is 30.7 Å². The Kier molecular flexibility index (Phi) is 7.44. The molecule has 0 aromatic carbocycles. The van der Waals surface area contributed by atoms with E-state index >= 15 is 0 Å². The molecule has 2 heterocycles. The van der Waals surface area contributed by atoms with Gasteiger partial charge in [0.25, 0.3) is 0 Å². The minimum atomic E-state index is -0.648. The summed E-state index contributed by atoms with van der Waals surface area (Å²) in [6.45, 7) is 14.5. The fraction of sp³-hybridized carbons (Fsp3) is 0.520. The molecular weight excluding hydrogens is 418 g/mol. The molecule has 2 aromatic heterocycles. The molecule has 0 aliphatic heterocycles. The molecule has 2 atom stereocenters. The van der Waals surface area contributed by atoms with Crippen LogP contribution in [0.3, 0.4) is 0 Å². The normalized spacial score (nSPS) is 17.3. The van der Waals surface area contributed by atoms with Crippen molar-refractivity contribution in [3.05, 3.63) is 72.4 Å². The Labute approximate surface area is 191 Å². The average Bonchev–Trinajstić information content (AvgIpc) is 3.27. The van der Waals surface area contributed by atoms with E-state index in [0.717, 1.165) is 17.8 Å². The Morgan fingerprint density at radius 3 is 1.71 bits per heavy atom. The summed E-state index contributed by atoms with van der Waals surface area (Å²) >= 11 is 0. The summed E-state index contributed by atoms with van der Waals surface area (Å²) in [6, 6.07) is 3.71. The van der Waals surface area contributed by atoms with E-state index in [-0.39, 0.29) is 7.92 Å². The molecule has 1 aliphatic carbocycles. The molecule has 0 saturated heterocycles. The van der Waals surface area contributed by atoms with E-state index in [1.165, 1.54) is 18.4 Å². The van der Waals surface area contributed by atoms with Crippen molar-refractivity contribution in [3.8, 4) is 0 Å². The molecule has 0 saturated carbocycles. The van der Waals surface area contributed by atoms with Gasteiger partial charge in [0.1, 0.15) is 16.8 Å². The van der Waals surface area contributed by atoms with Gasteiger partial charge in [-0.1, -0.05) is 67.7 Å². The molecule has 6 heteroatoms. The number of aromatic nitrogens is 4. The molecule has 2 aromatic rings. The summed E-state index contributed by atoms with van der Waals surface area (Å²) in [7, 11) is 2.76. The van der Waals surface area contributed by atoms with Crippen LogP contribution in [0.2, 0.25) is 0 Å². The molecule has 4 nitrogen and oxygen atoms in total. The quantitative estimate of drug-likeness (QED) is 0.414. The highest BCUT2D eigenvalue weighted by molar-refractivity contribution is 7.60.